The maximum absolute atomic E-state index is 12.7. The van der Waals surface area contributed by atoms with Crippen LogP contribution in [0.2, 0.25) is 0 Å². The summed E-state index contributed by atoms with van der Waals surface area (Å²) >= 11 is 4.39. The van der Waals surface area contributed by atoms with E-state index in [0.717, 1.165) is 31.1 Å². The van der Waals surface area contributed by atoms with Crippen molar-refractivity contribution in [2.24, 2.45) is 11.8 Å². The molecule has 2 aromatic heterocycles. The lowest BCUT2D eigenvalue weighted by molar-refractivity contribution is -0.155. The van der Waals surface area contributed by atoms with Crippen LogP contribution in [0, 0.1) is 41.6 Å². The van der Waals surface area contributed by atoms with Gasteiger partial charge in [-0.05, 0) is 112 Å². The molecule has 2 aliphatic carbocycles. The van der Waals surface area contributed by atoms with Crippen LogP contribution in [-0.4, -0.2) is 39.7 Å². The second kappa shape index (κ2) is 11.1. The van der Waals surface area contributed by atoms with Crippen LogP contribution in [-0.2, 0) is 10.8 Å². The van der Waals surface area contributed by atoms with Gasteiger partial charge in [-0.25, -0.2) is 0 Å². The highest BCUT2D eigenvalue weighted by Crippen LogP contribution is 2.48. The minimum atomic E-state index is -4.22. The summed E-state index contributed by atoms with van der Waals surface area (Å²) in [7, 11) is 0. The molecule has 0 amide bonds. The van der Waals surface area contributed by atoms with Crippen LogP contribution < -0.4 is 0 Å². The van der Waals surface area contributed by atoms with E-state index in [0.29, 0.717) is 24.7 Å². The first-order valence-corrected chi connectivity index (χ1v) is 14.9. The smallest absolute Gasteiger partial charge is 0.282 e. The second-order valence-electron chi connectivity index (χ2n) is 10.9. The van der Waals surface area contributed by atoms with Crippen molar-refractivity contribution >= 4 is 45.2 Å². The van der Waals surface area contributed by atoms with Crippen molar-refractivity contribution in [2.75, 3.05) is 6.54 Å². The number of fused-ring (bicyclic) bond motifs is 4. The minimum Gasteiger partial charge on any atom is -0.282 e. The molecule has 2 unspecified atom stereocenters. The summed E-state index contributed by atoms with van der Waals surface area (Å²) in [5, 5.41) is 19.4. The molecule has 2 aromatic rings. The largest absolute Gasteiger partial charge is 0.401 e. The van der Waals surface area contributed by atoms with Crippen LogP contribution in [0.5, 0.6) is 0 Å². The van der Waals surface area contributed by atoms with Crippen molar-refractivity contribution in [3.8, 4) is 12.1 Å². The van der Waals surface area contributed by atoms with Gasteiger partial charge in [-0.1, -0.05) is 24.3 Å². The number of hydrogen-bond donors (Lipinski definition) is 0. The van der Waals surface area contributed by atoms with Crippen molar-refractivity contribution in [3.63, 3.8) is 0 Å². The molecule has 4 heterocycles. The number of nitrogens with zero attached hydrogens (tertiary/aromatic N) is 5. The molecule has 2 aliphatic heterocycles. The van der Waals surface area contributed by atoms with E-state index in [2.05, 4.69) is 85.5 Å². The Balaban J connectivity index is 0.000000163. The van der Waals surface area contributed by atoms with E-state index in [-0.39, 0.29) is 17.5 Å². The minimum absolute atomic E-state index is 0.314. The van der Waals surface area contributed by atoms with Gasteiger partial charge in [0.25, 0.3) is 0 Å². The predicted octanol–water partition coefficient (Wildman–Crippen LogP) is 6.85. The first-order chi connectivity index (χ1) is 18.5. The third-order valence-corrected chi connectivity index (χ3v) is 9.49. The molecule has 39 heavy (non-hydrogen) atoms. The van der Waals surface area contributed by atoms with Crippen molar-refractivity contribution in [2.45, 2.75) is 61.2 Å². The quantitative estimate of drug-likeness (QED) is 0.253. The van der Waals surface area contributed by atoms with Crippen LogP contribution in [0.1, 0.15) is 43.2 Å². The van der Waals surface area contributed by atoms with Gasteiger partial charge in [-0.2, -0.15) is 23.7 Å². The van der Waals surface area contributed by atoms with E-state index in [1.165, 1.54) is 11.3 Å². The molecule has 0 aromatic carbocycles. The van der Waals surface area contributed by atoms with Crippen LogP contribution in [0.4, 0.5) is 13.2 Å². The van der Waals surface area contributed by atoms with Crippen molar-refractivity contribution in [3.05, 3.63) is 79.5 Å². The van der Waals surface area contributed by atoms with Crippen LogP contribution in [0.3, 0.4) is 0 Å². The summed E-state index contributed by atoms with van der Waals surface area (Å²) in [6, 6.07) is 8.25. The van der Waals surface area contributed by atoms with E-state index < -0.39 is 18.1 Å². The first kappa shape index (κ1) is 28.5. The zero-order valence-corrected chi connectivity index (χ0v) is 25.3. The SMILES string of the molecule is N#CC1(c2cncc(I)c2)C[C@@H]2C=C[C@@H](C2)C1.N#CC1(c2cncc(I)c2)C[C@H]2C=C[C@@H](C1)N2CC(F)(F)F. The number of allylic oxidation sites excluding steroid dienone is 2. The van der Waals surface area contributed by atoms with Crippen molar-refractivity contribution in [1.82, 2.24) is 14.9 Å². The lowest BCUT2D eigenvalue weighted by atomic mass is 9.66. The maximum Gasteiger partial charge on any atom is 0.401 e. The third kappa shape index (κ3) is 6.03. The summed E-state index contributed by atoms with van der Waals surface area (Å²) in [6.45, 7) is -0.929. The highest BCUT2D eigenvalue weighted by molar-refractivity contribution is 14.1. The molecule has 4 bridgehead atoms. The molecule has 10 heteroatoms. The van der Waals surface area contributed by atoms with Crippen LogP contribution in [0.25, 0.3) is 0 Å². The molecular formula is C29H26F3I2N5. The van der Waals surface area contributed by atoms with Gasteiger partial charge in [0, 0.05) is 44.0 Å². The average molecular weight is 755 g/mol. The Labute approximate surface area is 253 Å². The summed E-state index contributed by atoms with van der Waals surface area (Å²) in [6.07, 6.45) is 14.9. The van der Waals surface area contributed by atoms with E-state index in [9.17, 15) is 23.7 Å². The van der Waals surface area contributed by atoms with Crippen LogP contribution in [0.15, 0.2) is 61.2 Å². The molecular weight excluding hydrogens is 729 g/mol. The van der Waals surface area contributed by atoms with Crippen molar-refractivity contribution in [1.29, 1.82) is 10.5 Å². The van der Waals surface area contributed by atoms with Gasteiger partial charge in [0.1, 0.15) is 0 Å². The zero-order valence-electron chi connectivity index (χ0n) is 21.0. The number of piperidine rings is 1. The number of halogens is 5. The lowest BCUT2D eigenvalue weighted by Crippen LogP contribution is -2.52. The van der Waals surface area contributed by atoms with Crippen molar-refractivity contribution < 1.29 is 13.2 Å². The monoisotopic (exact) mass is 755 g/mol. The normalized spacial score (nSPS) is 32.7. The zero-order chi connectivity index (χ0) is 27.8. The Morgan fingerprint density at radius 1 is 0.795 bits per heavy atom. The lowest BCUT2D eigenvalue weighted by Gasteiger charge is -2.43. The van der Waals surface area contributed by atoms with Gasteiger partial charge in [-0.15, -0.1) is 0 Å². The molecule has 4 aliphatic rings. The van der Waals surface area contributed by atoms with Gasteiger partial charge in [0.15, 0.2) is 0 Å². The molecule has 0 radical (unpaired) electrons. The van der Waals surface area contributed by atoms with Gasteiger partial charge in [0.2, 0.25) is 0 Å². The molecule has 6 rings (SSSR count). The number of pyridine rings is 2. The fourth-order valence-corrected chi connectivity index (χ4v) is 7.60. The summed E-state index contributed by atoms with van der Waals surface area (Å²) in [4.78, 5) is 9.81. The maximum atomic E-state index is 12.7. The summed E-state index contributed by atoms with van der Waals surface area (Å²) in [5.41, 5.74) is 0.818. The first-order valence-electron chi connectivity index (χ1n) is 12.8. The standard InChI is InChI=1S/C15H13F3IN3.C14H13IN2/c16-15(17,18)9-22-12-1-2-13(22)5-14(4-12,8-20)10-3-11(19)7-21-6-10;15-13-4-12(7-17-8-13)14(9-16)5-10-1-2-11(3-10)6-14/h1-3,6-7,12-13H,4-5,9H2;1-2,4,7-8,10-11H,3,5-6H2/t12-,13+,14?;10-,11+,14?. The molecule has 1 saturated heterocycles. The van der Waals surface area contributed by atoms with Gasteiger partial charge in [0.05, 0.1) is 29.5 Å². The van der Waals surface area contributed by atoms with Gasteiger partial charge >= 0.3 is 6.18 Å². The third-order valence-electron chi connectivity index (χ3n) is 8.31. The molecule has 0 spiro atoms. The fraction of sp³-hybridized carbons (Fsp3) is 0.448. The molecule has 2 fully saturated rings. The summed E-state index contributed by atoms with van der Waals surface area (Å²) < 4.78 is 40.2. The number of aromatic nitrogens is 2. The van der Waals surface area contributed by atoms with E-state index in [1.807, 2.05) is 18.5 Å². The molecule has 1 saturated carbocycles. The van der Waals surface area contributed by atoms with E-state index in [4.69, 9.17) is 0 Å². The highest BCUT2D eigenvalue weighted by Gasteiger charge is 2.50. The second-order valence-corrected chi connectivity index (χ2v) is 13.4. The fourth-order valence-electron chi connectivity index (χ4n) is 6.60. The Hall–Kier alpha value is -2.03. The average Bonchev–Trinajstić information content (AvgIpc) is 3.35. The topological polar surface area (TPSA) is 76.6 Å². The highest BCUT2D eigenvalue weighted by atomic mass is 127. The van der Waals surface area contributed by atoms with E-state index >= 15 is 0 Å². The van der Waals surface area contributed by atoms with Gasteiger partial charge in [-0.3, -0.25) is 14.9 Å². The Morgan fingerprint density at radius 3 is 1.67 bits per heavy atom. The number of alkyl halides is 3. The molecule has 0 N–H and O–H groups in total. The Kier molecular flexibility index (Phi) is 8.11. The van der Waals surface area contributed by atoms with Crippen LogP contribution >= 0.6 is 45.2 Å². The predicted molar refractivity (Wildman–Crippen MR) is 157 cm³/mol. The Morgan fingerprint density at radius 2 is 1.26 bits per heavy atom. The molecule has 202 valence electrons. The Bertz CT molecular complexity index is 1350. The number of rotatable bonds is 3. The summed E-state index contributed by atoms with van der Waals surface area (Å²) in [5.74, 6) is 1.18. The molecule has 6 atom stereocenters. The van der Waals surface area contributed by atoms with E-state index in [1.54, 1.807) is 24.5 Å². The number of hydrogen-bond acceptors (Lipinski definition) is 5. The van der Waals surface area contributed by atoms with Gasteiger partial charge < -0.3 is 0 Å². The molecule has 5 nitrogen and oxygen atoms in total. The number of nitriles is 2.